The lowest BCUT2D eigenvalue weighted by atomic mass is 9.92. The van der Waals surface area contributed by atoms with Gasteiger partial charge in [-0.1, -0.05) is 153 Å². The summed E-state index contributed by atoms with van der Waals surface area (Å²) in [5.41, 5.74) is 14.0. The van der Waals surface area contributed by atoms with Crippen molar-refractivity contribution < 1.29 is 0 Å². The van der Waals surface area contributed by atoms with Gasteiger partial charge >= 0.3 is 0 Å². The highest BCUT2D eigenvalue weighted by atomic mass is 15.2. The number of pyridine rings is 1. The largest absolute Gasteiger partial charge is 0.310 e. The maximum Gasteiger partial charge on any atom is 0.137 e. The van der Waals surface area contributed by atoms with E-state index in [4.69, 9.17) is 4.98 Å². The molecule has 0 aliphatic heterocycles. The molecule has 282 valence electrons. The smallest absolute Gasteiger partial charge is 0.137 e. The fourth-order valence-corrected chi connectivity index (χ4v) is 7.87. The van der Waals surface area contributed by atoms with Crippen molar-refractivity contribution >= 4 is 45.0 Å². The summed E-state index contributed by atoms with van der Waals surface area (Å²) in [4.78, 5) is 9.84. The molecular weight excluding hydrogens is 691 g/mol. The number of hydrogen-bond acceptors (Lipinski definition) is 3. The van der Waals surface area contributed by atoms with Gasteiger partial charge in [0.1, 0.15) is 5.82 Å². The van der Waals surface area contributed by atoms with Crippen molar-refractivity contribution in [2.45, 2.75) is 59.3 Å². The van der Waals surface area contributed by atoms with E-state index in [1.165, 1.54) is 64.3 Å². The van der Waals surface area contributed by atoms with Gasteiger partial charge in [-0.15, -0.1) is 0 Å². The van der Waals surface area contributed by atoms with Crippen LogP contribution >= 0.6 is 0 Å². The molecule has 0 amide bonds. The number of benzene rings is 7. The number of fused-ring (bicyclic) bond motifs is 1. The maximum atomic E-state index is 5.02. The molecule has 0 aliphatic carbocycles. The molecule has 3 nitrogen and oxygen atoms in total. The van der Waals surface area contributed by atoms with Gasteiger partial charge in [-0.25, -0.2) is 4.98 Å². The summed E-state index contributed by atoms with van der Waals surface area (Å²) in [5.74, 6) is 0.878. The van der Waals surface area contributed by atoms with Gasteiger partial charge in [-0.2, -0.15) is 0 Å². The molecule has 0 unspecified atom stereocenters. The van der Waals surface area contributed by atoms with E-state index in [1.54, 1.807) is 0 Å². The van der Waals surface area contributed by atoms with Crippen molar-refractivity contribution in [3.05, 3.63) is 199 Å². The molecule has 1 aromatic heterocycles. The second-order valence-electron chi connectivity index (χ2n) is 15.2. The molecule has 1 heterocycles. The van der Waals surface area contributed by atoms with Gasteiger partial charge in [-0.05, 0) is 126 Å². The van der Waals surface area contributed by atoms with Crippen LogP contribution in [-0.4, -0.2) is 4.98 Å². The van der Waals surface area contributed by atoms with Crippen molar-refractivity contribution in [2.75, 3.05) is 9.80 Å². The van der Waals surface area contributed by atoms with E-state index < -0.39 is 0 Å². The lowest BCUT2D eigenvalue weighted by Crippen LogP contribution is -2.17. The molecule has 0 aliphatic rings. The standard InChI is InChI=1S/C54H51N3/c1-4-5-6-7-9-16-42-37-51(56(48-30-22-40(2)23-31-48)49-34-28-45(29-35-49)43-17-10-8-11-18-43)54(47-27-26-44-19-12-13-20-46(44)39-47)52(38-42)57(53-21-14-15-36-55-53)50-32-24-41(3)25-33-50/h8,10-15,17-39H,4-7,9,16H2,1-3H3. The molecule has 0 spiro atoms. The van der Waals surface area contributed by atoms with E-state index >= 15 is 0 Å². The molecule has 0 bridgehead atoms. The summed E-state index contributed by atoms with van der Waals surface area (Å²) >= 11 is 0. The van der Waals surface area contributed by atoms with Crippen molar-refractivity contribution in [2.24, 2.45) is 0 Å². The van der Waals surface area contributed by atoms with Crippen LogP contribution in [-0.2, 0) is 6.42 Å². The first-order chi connectivity index (χ1) is 28.1. The molecule has 8 aromatic rings. The van der Waals surface area contributed by atoms with Gasteiger partial charge in [0.2, 0.25) is 0 Å². The molecule has 0 saturated heterocycles. The highest BCUT2D eigenvalue weighted by Gasteiger charge is 2.26. The van der Waals surface area contributed by atoms with Gasteiger partial charge < -0.3 is 4.90 Å². The van der Waals surface area contributed by atoms with Crippen molar-refractivity contribution in [1.29, 1.82) is 0 Å². The first-order valence-electron chi connectivity index (χ1n) is 20.5. The zero-order chi connectivity index (χ0) is 39.0. The summed E-state index contributed by atoms with van der Waals surface area (Å²) in [6, 6.07) is 64.2. The third-order valence-electron chi connectivity index (χ3n) is 10.9. The summed E-state index contributed by atoms with van der Waals surface area (Å²) in [6.07, 6.45) is 9.02. The number of nitrogens with zero attached hydrogens (tertiary/aromatic N) is 3. The van der Waals surface area contributed by atoms with E-state index in [2.05, 4.69) is 200 Å². The number of hydrogen-bond donors (Lipinski definition) is 0. The Morgan fingerprint density at radius 2 is 0.982 bits per heavy atom. The Kier molecular flexibility index (Phi) is 11.5. The topological polar surface area (TPSA) is 19.4 Å². The minimum absolute atomic E-state index is 0.878. The van der Waals surface area contributed by atoms with Crippen LogP contribution in [0, 0.1) is 13.8 Å². The van der Waals surface area contributed by atoms with Crippen LogP contribution < -0.4 is 9.80 Å². The lowest BCUT2D eigenvalue weighted by molar-refractivity contribution is 0.632. The number of anilines is 6. The Morgan fingerprint density at radius 3 is 1.63 bits per heavy atom. The minimum Gasteiger partial charge on any atom is -0.310 e. The molecule has 0 saturated carbocycles. The molecule has 0 N–H and O–H groups in total. The second-order valence-corrected chi connectivity index (χ2v) is 15.2. The van der Waals surface area contributed by atoms with Gasteiger partial charge in [0, 0.05) is 28.8 Å². The molecule has 8 rings (SSSR count). The van der Waals surface area contributed by atoms with E-state index in [1.807, 2.05) is 12.3 Å². The Labute approximate surface area is 338 Å². The van der Waals surface area contributed by atoms with Crippen LogP contribution in [0.15, 0.2) is 182 Å². The molecule has 0 radical (unpaired) electrons. The average molecular weight is 742 g/mol. The summed E-state index contributed by atoms with van der Waals surface area (Å²) in [5, 5.41) is 2.43. The predicted octanol–water partition coefficient (Wildman–Crippen LogP) is 15.6. The zero-order valence-electron chi connectivity index (χ0n) is 33.4. The highest BCUT2D eigenvalue weighted by molar-refractivity contribution is 6.01. The summed E-state index contributed by atoms with van der Waals surface area (Å²) < 4.78 is 0. The minimum atomic E-state index is 0.878. The predicted molar refractivity (Wildman–Crippen MR) is 244 cm³/mol. The number of aryl methyl sites for hydroxylation is 3. The summed E-state index contributed by atoms with van der Waals surface area (Å²) in [6.45, 7) is 6.59. The van der Waals surface area contributed by atoms with Gasteiger partial charge in [0.15, 0.2) is 0 Å². The molecule has 0 atom stereocenters. The van der Waals surface area contributed by atoms with Crippen molar-refractivity contribution in [3.8, 4) is 22.3 Å². The summed E-state index contributed by atoms with van der Waals surface area (Å²) in [7, 11) is 0. The van der Waals surface area contributed by atoms with Crippen LogP contribution in [0.1, 0.15) is 55.7 Å². The SMILES string of the molecule is CCCCCCCc1cc(N(c2ccc(C)cc2)c2ccc(-c3ccccc3)cc2)c(-c2ccc3ccccc3c2)c(N(c2ccc(C)cc2)c2ccccn2)c1. The van der Waals surface area contributed by atoms with Gasteiger partial charge in [0.05, 0.1) is 11.4 Å². The van der Waals surface area contributed by atoms with Crippen LogP contribution in [0.25, 0.3) is 33.0 Å². The van der Waals surface area contributed by atoms with Gasteiger partial charge in [-0.3, -0.25) is 4.90 Å². The van der Waals surface area contributed by atoms with Crippen molar-refractivity contribution in [1.82, 2.24) is 4.98 Å². The second kappa shape index (κ2) is 17.6. The lowest BCUT2D eigenvalue weighted by Gasteiger charge is -2.33. The first kappa shape index (κ1) is 37.5. The van der Waals surface area contributed by atoms with Crippen LogP contribution in [0.3, 0.4) is 0 Å². The van der Waals surface area contributed by atoms with E-state index in [9.17, 15) is 0 Å². The molecule has 3 heteroatoms. The molecular formula is C54H51N3. The third kappa shape index (κ3) is 8.54. The Bertz CT molecular complexity index is 2520. The van der Waals surface area contributed by atoms with Crippen LogP contribution in [0.4, 0.5) is 34.3 Å². The number of unbranched alkanes of at least 4 members (excludes halogenated alkanes) is 4. The Balaban J connectivity index is 1.43. The normalized spacial score (nSPS) is 11.1. The van der Waals surface area contributed by atoms with E-state index in [0.717, 1.165) is 58.2 Å². The van der Waals surface area contributed by atoms with E-state index in [0.29, 0.717) is 0 Å². The quantitative estimate of drug-likeness (QED) is 0.103. The zero-order valence-corrected chi connectivity index (χ0v) is 33.4. The fraction of sp³-hybridized carbons (Fsp3) is 0.167. The average Bonchev–Trinajstić information content (AvgIpc) is 3.26. The van der Waals surface area contributed by atoms with Crippen LogP contribution in [0.5, 0.6) is 0 Å². The Hall–Kier alpha value is -6.45. The number of aromatic nitrogens is 1. The fourth-order valence-electron chi connectivity index (χ4n) is 7.87. The Morgan fingerprint density at radius 1 is 0.439 bits per heavy atom. The molecule has 7 aromatic carbocycles. The highest BCUT2D eigenvalue weighted by Crippen LogP contribution is 2.50. The monoisotopic (exact) mass is 741 g/mol. The van der Waals surface area contributed by atoms with E-state index in [-0.39, 0.29) is 0 Å². The van der Waals surface area contributed by atoms with Gasteiger partial charge in [0.25, 0.3) is 0 Å². The number of rotatable bonds is 14. The molecule has 0 fully saturated rings. The van der Waals surface area contributed by atoms with Crippen LogP contribution in [0.2, 0.25) is 0 Å². The maximum absolute atomic E-state index is 5.02. The van der Waals surface area contributed by atoms with Crippen molar-refractivity contribution in [3.63, 3.8) is 0 Å². The molecule has 57 heavy (non-hydrogen) atoms. The first-order valence-corrected chi connectivity index (χ1v) is 20.5. The third-order valence-corrected chi connectivity index (χ3v) is 10.9.